The lowest BCUT2D eigenvalue weighted by Crippen LogP contribution is -2.17. The highest BCUT2D eigenvalue weighted by molar-refractivity contribution is 9.10. The quantitative estimate of drug-likeness (QED) is 0.697. The average Bonchev–Trinajstić information content (AvgIpc) is 2.45. The molecule has 2 nitrogen and oxygen atoms in total. The van der Waals surface area contributed by atoms with Crippen LogP contribution < -0.4 is 10.1 Å². The van der Waals surface area contributed by atoms with Crippen molar-refractivity contribution in [1.82, 2.24) is 5.32 Å². The largest absolute Gasteiger partial charge is 0.496 e. The third-order valence-electron chi connectivity index (χ3n) is 3.09. The van der Waals surface area contributed by atoms with Gasteiger partial charge in [-0.25, -0.2) is 4.39 Å². The maximum Gasteiger partial charge on any atom is 0.126 e. The first-order chi connectivity index (χ1) is 9.70. The van der Waals surface area contributed by atoms with Crippen molar-refractivity contribution in [3.05, 3.63) is 63.9 Å². The third-order valence-corrected chi connectivity index (χ3v) is 3.58. The lowest BCUT2D eigenvalue weighted by molar-refractivity contribution is 0.407. The Bertz CT molecular complexity index is 578. The summed E-state index contributed by atoms with van der Waals surface area (Å²) in [6.07, 6.45) is 0.670. The first kappa shape index (κ1) is 18.1. The van der Waals surface area contributed by atoms with Crippen LogP contribution in [0.4, 0.5) is 4.39 Å². The van der Waals surface area contributed by atoms with Gasteiger partial charge in [0.05, 0.1) is 7.11 Å². The van der Waals surface area contributed by atoms with Gasteiger partial charge in [-0.3, -0.25) is 0 Å². The van der Waals surface area contributed by atoms with Gasteiger partial charge in [0.15, 0.2) is 0 Å². The van der Waals surface area contributed by atoms with Crippen molar-refractivity contribution < 1.29 is 9.13 Å². The number of nitrogens with one attached hydrogen (secondary N) is 1. The fourth-order valence-electron chi connectivity index (χ4n) is 2.03. The Balaban J connectivity index is 0.00000220. The summed E-state index contributed by atoms with van der Waals surface area (Å²) in [6.45, 7) is 1.41. The molecule has 0 aliphatic heterocycles. The molecule has 0 fully saturated rings. The molecule has 21 heavy (non-hydrogen) atoms. The minimum Gasteiger partial charge on any atom is -0.496 e. The third kappa shape index (κ3) is 5.41. The summed E-state index contributed by atoms with van der Waals surface area (Å²) in [5.41, 5.74) is 1.82. The molecule has 0 amide bonds. The summed E-state index contributed by atoms with van der Waals surface area (Å²) >= 11 is 3.45. The van der Waals surface area contributed by atoms with E-state index in [1.807, 2.05) is 30.3 Å². The maximum absolute atomic E-state index is 13.5. The van der Waals surface area contributed by atoms with E-state index >= 15 is 0 Å². The van der Waals surface area contributed by atoms with Crippen LogP contribution in [0.25, 0.3) is 0 Å². The van der Waals surface area contributed by atoms with Gasteiger partial charge in [-0.05, 0) is 42.8 Å². The zero-order chi connectivity index (χ0) is 14.4. The van der Waals surface area contributed by atoms with Crippen molar-refractivity contribution >= 4 is 32.9 Å². The van der Waals surface area contributed by atoms with Gasteiger partial charge in [0.1, 0.15) is 11.6 Å². The number of hydrogen-bond acceptors (Lipinski definition) is 2. The Kier molecular flexibility index (Phi) is 7.93. The van der Waals surface area contributed by atoms with Crippen LogP contribution in [0.3, 0.4) is 0 Å². The van der Waals surface area contributed by atoms with E-state index in [4.69, 9.17) is 4.74 Å². The van der Waals surface area contributed by atoms with Gasteiger partial charge >= 0.3 is 0 Å². The minimum absolute atomic E-state index is 0. The summed E-state index contributed by atoms with van der Waals surface area (Å²) < 4.78 is 19.8. The van der Waals surface area contributed by atoms with Crippen LogP contribution in [0.2, 0.25) is 0 Å². The van der Waals surface area contributed by atoms with Crippen LogP contribution >= 0.6 is 32.9 Å². The smallest absolute Gasteiger partial charge is 0.126 e. The zero-order valence-electron chi connectivity index (χ0n) is 11.7. The zero-order valence-corrected chi connectivity index (χ0v) is 15.0. The van der Waals surface area contributed by atoms with E-state index in [0.29, 0.717) is 13.0 Å². The molecule has 0 atom stereocenters. The molecule has 0 saturated heterocycles. The van der Waals surface area contributed by atoms with Crippen LogP contribution in [-0.4, -0.2) is 13.7 Å². The molecule has 2 aromatic rings. The second-order valence-electron chi connectivity index (χ2n) is 4.47. The van der Waals surface area contributed by atoms with Gasteiger partial charge in [-0.15, -0.1) is 17.0 Å². The molecule has 0 saturated carbocycles. The number of rotatable bonds is 6. The van der Waals surface area contributed by atoms with E-state index in [1.54, 1.807) is 13.2 Å². The number of ether oxygens (including phenoxy) is 1. The number of halogens is 3. The van der Waals surface area contributed by atoms with Crippen LogP contribution in [0.1, 0.15) is 11.1 Å². The fraction of sp³-hybridized carbons (Fsp3) is 0.250. The molecular formula is C16H18Br2FNO. The van der Waals surface area contributed by atoms with Crippen molar-refractivity contribution in [3.63, 3.8) is 0 Å². The van der Waals surface area contributed by atoms with Gasteiger partial charge in [0.25, 0.3) is 0 Å². The fourth-order valence-corrected chi connectivity index (χ4v) is 2.44. The summed E-state index contributed by atoms with van der Waals surface area (Å²) in [7, 11) is 1.66. The lowest BCUT2D eigenvalue weighted by atomic mass is 10.1. The van der Waals surface area contributed by atoms with Crippen molar-refractivity contribution in [2.45, 2.75) is 13.0 Å². The van der Waals surface area contributed by atoms with E-state index in [9.17, 15) is 4.39 Å². The Labute approximate surface area is 143 Å². The molecule has 0 aromatic heterocycles. The highest BCUT2D eigenvalue weighted by atomic mass is 79.9. The molecule has 0 unspecified atom stereocenters. The number of benzene rings is 2. The molecule has 2 rings (SSSR count). The van der Waals surface area contributed by atoms with E-state index in [-0.39, 0.29) is 22.8 Å². The van der Waals surface area contributed by atoms with E-state index < -0.39 is 0 Å². The Hall–Kier alpha value is -0.910. The first-order valence-corrected chi connectivity index (χ1v) is 7.26. The molecule has 0 aliphatic rings. The van der Waals surface area contributed by atoms with Gasteiger partial charge < -0.3 is 10.1 Å². The summed E-state index contributed by atoms with van der Waals surface area (Å²) in [5.74, 6) is 0.709. The standard InChI is InChI=1S/C16H17BrFNO.BrH/c1-20-16-7-6-14(17)10-13(16)11-19-9-8-12-4-2-3-5-15(12)18;/h2-7,10,19H,8-9,11H2,1H3;1H. The Morgan fingerprint density at radius 1 is 1.14 bits per heavy atom. The Morgan fingerprint density at radius 3 is 2.62 bits per heavy atom. The van der Waals surface area contributed by atoms with Gasteiger partial charge in [-0.1, -0.05) is 34.1 Å². The van der Waals surface area contributed by atoms with Crippen molar-refractivity contribution in [1.29, 1.82) is 0 Å². The van der Waals surface area contributed by atoms with Crippen LogP contribution in [-0.2, 0) is 13.0 Å². The first-order valence-electron chi connectivity index (χ1n) is 6.47. The molecule has 0 spiro atoms. The maximum atomic E-state index is 13.5. The predicted octanol–water partition coefficient (Wildman–Crippen LogP) is 4.51. The molecule has 1 N–H and O–H groups in total. The van der Waals surface area contributed by atoms with Crippen molar-refractivity contribution in [3.8, 4) is 5.75 Å². The van der Waals surface area contributed by atoms with Gasteiger partial charge in [0, 0.05) is 16.6 Å². The van der Waals surface area contributed by atoms with Crippen molar-refractivity contribution in [2.24, 2.45) is 0 Å². The molecule has 0 bridgehead atoms. The van der Waals surface area contributed by atoms with E-state index in [2.05, 4.69) is 21.2 Å². The van der Waals surface area contributed by atoms with Crippen LogP contribution in [0.15, 0.2) is 46.9 Å². The van der Waals surface area contributed by atoms with Crippen LogP contribution in [0.5, 0.6) is 5.75 Å². The summed E-state index contributed by atoms with van der Waals surface area (Å²) in [6, 6.07) is 12.8. The minimum atomic E-state index is -0.144. The molecule has 0 aliphatic carbocycles. The van der Waals surface area contributed by atoms with Crippen LogP contribution in [0, 0.1) is 5.82 Å². The highest BCUT2D eigenvalue weighted by Crippen LogP contribution is 2.22. The molecule has 5 heteroatoms. The normalized spacial score (nSPS) is 10.0. The van der Waals surface area contributed by atoms with Gasteiger partial charge in [-0.2, -0.15) is 0 Å². The number of hydrogen-bond donors (Lipinski definition) is 1. The van der Waals surface area contributed by atoms with E-state index in [0.717, 1.165) is 27.9 Å². The average molecular weight is 419 g/mol. The Morgan fingerprint density at radius 2 is 1.90 bits per heavy atom. The molecule has 0 radical (unpaired) electrons. The summed E-state index contributed by atoms with van der Waals surface area (Å²) in [4.78, 5) is 0. The SMILES string of the molecule is Br.COc1ccc(Br)cc1CNCCc1ccccc1F. The lowest BCUT2D eigenvalue weighted by Gasteiger charge is -2.10. The van der Waals surface area contributed by atoms with Gasteiger partial charge in [0.2, 0.25) is 0 Å². The summed E-state index contributed by atoms with van der Waals surface area (Å²) in [5, 5.41) is 3.31. The second kappa shape index (κ2) is 9.18. The monoisotopic (exact) mass is 417 g/mol. The molecular weight excluding hydrogens is 401 g/mol. The molecule has 114 valence electrons. The highest BCUT2D eigenvalue weighted by Gasteiger charge is 2.04. The predicted molar refractivity (Wildman–Crippen MR) is 92.8 cm³/mol. The van der Waals surface area contributed by atoms with Crippen molar-refractivity contribution in [2.75, 3.05) is 13.7 Å². The topological polar surface area (TPSA) is 21.3 Å². The molecule has 0 heterocycles. The second-order valence-corrected chi connectivity index (χ2v) is 5.39. The van der Waals surface area contributed by atoms with E-state index in [1.165, 1.54) is 6.07 Å². The molecule has 2 aromatic carbocycles. The number of methoxy groups -OCH3 is 1.